The van der Waals surface area contributed by atoms with E-state index < -0.39 is 0 Å². The highest BCUT2D eigenvalue weighted by molar-refractivity contribution is 4.84. The Balaban J connectivity index is 2.34. The average Bonchev–Trinajstić information content (AvgIpc) is 2.09. The third-order valence-electron chi connectivity index (χ3n) is 2.34. The SMILES string of the molecule is CC(C)CN1CC(N)CC1C. The van der Waals surface area contributed by atoms with Gasteiger partial charge in [0, 0.05) is 25.2 Å². The van der Waals surface area contributed by atoms with Crippen molar-refractivity contribution < 1.29 is 0 Å². The largest absolute Gasteiger partial charge is 0.326 e. The quantitative estimate of drug-likeness (QED) is 0.648. The number of nitrogens with two attached hydrogens (primary N) is 1. The van der Waals surface area contributed by atoms with Crippen molar-refractivity contribution in [1.29, 1.82) is 0 Å². The van der Waals surface area contributed by atoms with Crippen LogP contribution in [0.3, 0.4) is 0 Å². The lowest BCUT2D eigenvalue weighted by Gasteiger charge is -2.22. The summed E-state index contributed by atoms with van der Waals surface area (Å²) < 4.78 is 0. The second-order valence-corrected chi connectivity index (χ2v) is 4.19. The molecule has 0 bridgehead atoms. The molecule has 0 saturated carbocycles. The molecule has 0 aromatic carbocycles. The predicted octanol–water partition coefficient (Wildman–Crippen LogP) is 1.06. The Labute approximate surface area is 69.8 Å². The summed E-state index contributed by atoms with van der Waals surface area (Å²) in [6, 6.07) is 1.12. The molecule has 1 rings (SSSR count). The van der Waals surface area contributed by atoms with E-state index in [9.17, 15) is 0 Å². The summed E-state index contributed by atoms with van der Waals surface area (Å²) in [5, 5.41) is 0. The van der Waals surface area contributed by atoms with Crippen molar-refractivity contribution in [3.05, 3.63) is 0 Å². The zero-order valence-electron chi connectivity index (χ0n) is 7.88. The van der Waals surface area contributed by atoms with Crippen LogP contribution in [0, 0.1) is 5.92 Å². The Morgan fingerprint density at radius 3 is 2.55 bits per heavy atom. The van der Waals surface area contributed by atoms with Crippen molar-refractivity contribution in [1.82, 2.24) is 4.90 Å². The van der Waals surface area contributed by atoms with Crippen LogP contribution in [0.4, 0.5) is 0 Å². The van der Waals surface area contributed by atoms with Gasteiger partial charge in [-0.25, -0.2) is 0 Å². The number of hydrogen-bond donors (Lipinski definition) is 1. The Morgan fingerprint density at radius 1 is 1.55 bits per heavy atom. The molecular formula is C9H20N2. The zero-order valence-corrected chi connectivity index (χ0v) is 7.88. The van der Waals surface area contributed by atoms with Crippen molar-refractivity contribution >= 4 is 0 Å². The summed E-state index contributed by atoms with van der Waals surface area (Å²) >= 11 is 0. The predicted molar refractivity (Wildman–Crippen MR) is 48.5 cm³/mol. The van der Waals surface area contributed by atoms with E-state index in [-0.39, 0.29) is 0 Å². The minimum atomic E-state index is 0.420. The number of rotatable bonds is 2. The molecule has 11 heavy (non-hydrogen) atoms. The van der Waals surface area contributed by atoms with Crippen molar-refractivity contribution in [3.63, 3.8) is 0 Å². The molecule has 1 fully saturated rings. The summed E-state index contributed by atoms with van der Waals surface area (Å²) in [5.74, 6) is 0.766. The fourth-order valence-electron chi connectivity index (χ4n) is 1.87. The van der Waals surface area contributed by atoms with E-state index in [0.717, 1.165) is 12.5 Å². The smallest absolute Gasteiger partial charge is 0.0182 e. The highest BCUT2D eigenvalue weighted by Gasteiger charge is 2.26. The van der Waals surface area contributed by atoms with Gasteiger partial charge in [-0.3, -0.25) is 4.90 Å². The van der Waals surface area contributed by atoms with Crippen LogP contribution in [-0.4, -0.2) is 30.1 Å². The van der Waals surface area contributed by atoms with E-state index in [1.807, 2.05) is 0 Å². The lowest BCUT2D eigenvalue weighted by molar-refractivity contribution is 0.238. The van der Waals surface area contributed by atoms with Gasteiger partial charge in [0.1, 0.15) is 0 Å². The van der Waals surface area contributed by atoms with Gasteiger partial charge in [-0.2, -0.15) is 0 Å². The highest BCUT2D eigenvalue weighted by Crippen LogP contribution is 2.16. The van der Waals surface area contributed by atoms with E-state index in [0.29, 0.717) is 12.1 Å². The number of nitrogens with zero attached hydrogens (tertiary/aromatic N) is 1. The second-order valence-electron chi connectivity index (χ2n) is 4.19. The van der Waals surface area contributed by atoms with Crippen molar-refractivity contribution in [2.75, 3.05) is 13.1 Å². The van der Waals surface area contributed by atoms with Gasteiger partial charge in [-0.15, -0.1) is 0 Å². The van der Waals surface area contributed by atoms with E-state index in [4.69, 9.17) is 5.73 Å². The fraction of sp³-hybridized carbons (Fsp3) is 1.00. The number of hydrogen-bond acceptors (Lipinski definition) is 2. The zero-order chi connectivity index (χ0) is 8.43. The topological polar surface area (TPSA) is 29.3 Å². The molecule has 2 N–H and O–H groups in total. The van der Waals surface area contributed by atoms with Crippen LogP contribution in [0.5, 0.6) is 0 Å². The van der Waals surface area contributed by atoms with Crippen molar-refractivity contribution in [3.8, 4) is 0 Å². The standard InChI is InChI=1S/C9H20N2/c1-7(2)5-11-6-9(10)4-8(11)3/h7-9H,4-6,10H2,1-3H3. The first-order valence-corrected chi connectivity index (χ1v) is 4.59. The van der Waals surface area contributed by atoms with E-state index in [1.54, 1.807) is 0 Å². The molecule has 0 radical (unpaired) electrons. The molecular weight excluding hydrogens is 136 g/mol. The molecule has 1 saturated heterocycles. The van der Waals surface area contributed by atoms with Crippen LogP contribution in [0.1, 0.15) is 27.2 Å². The van der Waals surface area contributed by atoms with Gasteiger partial charge in [-0.05, 0) is 19.3 Å². The molecule has 66 valence electrons. The van der Waals surface area contributed by atoms with Gasteiger partial charge in [0.2, 0.25) is 0 Å². The van der Waals surface area contributed by atoms with Crippen LogP contribution >= 0.6 is 0 Å². The maximum Gasteiger partial charge on any atom is 0.0182 e. The second kappa shape index (κ2) is 3.55. The average molecular weight is 156 g/mol. The molecule has 0 amide bonds. The highest BCUT2D eigenvalue weighted by atomic mass is 15.2. The third-order valence-corrected chi connectivity index (χ3v) is 2.34. The van der Waals surface area contributed by atoms with E-state index in [2.05, 4.69) is 25.7 Å². The van der Waals surface area contributed by atoms with Gasteiger partial charge < -0.3 is 5.73 Å². The molecule has 1 aliphatic heterocycles. The summed E-state index contributed by atoms with van der Waals surface area (Å²) in [7, 11) is 0. The molecule has 0 aromatic heterocycles. The minimum absolute atomic E-state index is 0.420. The normalized spacial score (nSPS) is 33.5. The Morgan fingerprint density at radius 2 is 2.18 bits per heavy atom. The molecule has 2 unspecified atom stereocenters. The van der Waals surface area contributed by atoms with Gasteiger partial charge in [0.15, 0.2) is 0 Å². The Bertz CT molecular complexity index is 123. The molecule has 2 atom stereocenters. The van der Waals surface area contributed by atoms with E-state index in [1.165, 1.54) is 13.0 Å². The maximum atomic E-state index is 5.85. The monoisotopic (exact) mass is 156 g/mol. The van der Waals surface area contributed by atoms with Gasteiger partial charge in [0.25, 0.3) is 0 Å². The number of likely N-dealkylation sites (tertiary alicyclic amines) is 1. The third kappa shape index (κ3) is 2.46. The lowest BCUT2D eigenvalue weighted by atomic mass is 10.2. The van der Waals surface area contributed by atoms with E-state index >= 15 is 0 Å². The molecule has 0 aliphatic carbocycles. The van der Waals surface area contributed by atoms with Crippen LogP contribution in [0.25, 0.3) is 0 Å². The summed E-state index contributed by atoms with van der Waals surface area (Å²) in [4.78, 5) is 2.50. The van der Waals surface area contributed by atoms with Gasteiger partial charge in [-0.1, -0.05) is 13.8 Å². The maximum absolute atomic E-state index is 5.85. The Hall–Kier alpha value is -0.0800. The fourth-order valence-corrected chi connectivity index (χ4v) is 1.87. The minimum Gasteiger partial charge on any atom is -0.326 e. The summed E-state index contributed by atoms with van der Waals surface area (Å²) in [6.45, 7) is 9.09. The molecule has 2 heteroatoms. The van der Waals surface area contributed by atoms with Crippen molar-refractivity contribution in [2.45, 2.75) is 39.3 Å². The van der Waals surface area contributed by atoms with Crippen LogP contribution < -0.4 is 5.73 Å². The molecule has 1 heterocycles. The van der Waals surface area contributed by atoms with Crippen molar-refractivity contribution in [2.24, 2.45) is 11.7 Å². The van der Waals surface area contributed by atoms with Gasteiger partial charge >= 0.3 is 0 Å². The molecule has 2 nitrogen and oxygen atoms in total. The molecule has 0 aromatic rings. The molecule has 0 spiro atoms. The first-order valence-electron chi connectivity index (χ1n) is 4.59. The van der Waals surface area contributed by atoms with Crippen LogP contribution in [-0.2, 0) is 0 Å². The van der Waals surface area contributed by atoms with Crippen LogP contribution in [0.15, 0.2) is 0 Å². The first-order chi connectivity index (χ1) is 5.09. The molecule has 1 aliphatic rings. The Kier molecular flexibility index (Phi) is 2.90. The van der Waals surface area contributed by atoms with Gasteiger partial charge in [0.05, 0.1) is 0 Å². The lowest BCUT2D eigenvalue weighted by Crippen LogP contribution is -2.32. The summed E-state index contributed by atoms with van der Waals surface area (Å²) in [5.41, 5.74) is 5.85. The first kappa shape index (κ1) is 9.01. The summed E-state index contributed by atoms with van der Waals surface area (Å²) in [6.07, 6.45) is 1.17. The van der Waals surface area contributed by atoms with Crippen LogP contribution in [0.2, 0.25) is 0 Å².